The highest BCUT2D eigenvalue weighted by atomic mass is 32.2. The van der Waals surface area contributed by atoms with Crippen LogP contribution in [0.3, 0.4) is 0 Å². The van der Waals surface area contributed by atoms with Gasteiger partial charge in [0.05, 0.1) is 12.7 Å². The van der Waals surface area contributed by atoms with E-state index in [1.165, 1.54) is 0 Å². The molecule has 0 N–H and O–H groups in total. The van der Waals surface area contributed by atoms with E-state index in [9.17, 15) is 48.0 Å². The minimum atomic E-state index is -6.27. The van der Waals surface area contributed by atoms with Crippen LogP contribution in [-0.4, -0.2) is 40.9 Å². The maximum atomic E-state index is 12.3. The van der Waals surface area contributed by atoms with Gasteiger partial charge in [0.2, 0.25) is 0 Å². The zero-order chi connectivity index (χ0) is 20.6. The number of methoxy groups -OCH3 is 1. The molecule has 0 atom stereocenters. The Labute approximate surface area is 141 Å². The molecule has 8 nitrogen and oxygen atoms in total. The Hall–Kier alpha value is -2.23. The Balaban J connectivity index is 3.44. The van der Waals surface area contributed by atoms with Crippen LogP contribution in [0, 0.1) is 0 Å². The third-order valence-electron chi connectivity index (χ3n) is 2.28. The predicted octanol–water partition coefficient (Wildman–Crippen LogP) is 1.93. The summed E-state index contributed by atoms with van der Waals surface area (Å²) in [7, 11) is -11.8. The molecule has 1 rings (SSSR count). The van der Waals surface area contributed by atoms with Crippen molar-refractivity contribution in [2.24, 2.45) is 0 Å². The average molecular weight is 432 g/mol. The van der Waals surface area contributed by atoms with Crippen LogP contribution in [0.15, 0.2) is 18.2 Å². The molecule has 0 aliphatic carbocycles. The number of hydrogen-bond acceptors (Lipinski definition) is 8. The summed E-state index contributed by atoms with van der Waals surface area (Å²) in [4.78, 5) is 11.4. The van der Waals surface area contributed by atoms with Gasteiger partial charge in [0, 0.05) is 6.07 Å². The van der Waals surface area contributed by atoms with Crippen LogP contribution in [0.4, 0.5) is 26.3 Å². The first kappa shape index (κ1) is 21.8. The number of carbonyl (C=O) groups is 1. The van der Waals surface area contributed by atoms with Gasteiger partial charge in [-0.2, -0.15) is 43.2 Å². The molecule has 26 heavy (non-hydrogen) atoms. The minimum Gasteiger partial charge on any atom is -0.465 e. The lowest BCUT2D eigenvalue weighted by atomic mass is 10.2. The lowest BCUT2D eigenvalue weighted by Crippen LogP contribution is -2.29. The van der Waals surface area contributed by atoms with E-state index in [2.05, 4.69) is 13.1 Å². The number of benzene rings is 1. The molecule has 16 heteroatoms. The highest BCUT2D eigenvalue weighted by molar-refractivity contribution is 7.88. The molecule has 148 valence electrons. The van der Waals surface area contributed by atoms with E-state index in [1.54, 1.807) is 0 Å². The fourth-order valence-corrected chi connectivity index (χ4v) is 2.14. The van der Waals surface area contributed by atoms with E-state index in [4.69, 9.17) is 0 Å². The molecule has 1 aromatic carbocycles. The largest absolute Gasteiger partial charge is 0.534 e. The number of carbonyl (C=O) groups excluding carboxylic acids is 1. The van der Waals surface area contributed by atoms with E-state index in [1.807, 2.05) is 0 Å². The summed E-state index contributed by atoms with van der Waals surface area (Å²) in [5, 5.41) is 0. The molecule has 0 heterocycles. The van der Waals surface area contributed by atoms with E-state index in [-0.39, 0.29) is 6.07 Å². The van der Waals surface area contributed by atoms with Crippen LogP contribution in [-0.2, 0) is 25.0 Å². The molecule has 1 aromatic rings. The number of hydrogen-bond donors (Lipinski definition) is 0. The van der Waals surface area contributed by atoms with Gasteiger partial charge < -0.3 is 13.1 Å². The second-order valence-electron chi connectivity index (χ2n) is 4.15. The van der Waals surface area contributed by atoms with Gasteiger partial charge in [0.15, 0.2) is 0 Å². The van der Waals surface area contributed by atoms with Crippen LogP contribution in [0.25, 0.3) is 0 Å². The summed E-state index contributed by atoms with van der Waals surface area (Å²) in [6.45, 7) is 0. The fraction of sp³-hybridized carbons (Fsp3) is 0.300. The van der Waals surface area contributed by atoms with E-state index in [0.29, 0.717) is 12.1 Å². The average Bonchev–Trinajstić information content (AvgIpc) is 2.42. The lowest BCUT2D eigenvalue weighted by molar-refractivity contribution is -0.0502. The predicted molar refractivity (Wildman–Crippen MR) is 69.0 cm³/mol. The van der Waals surface area contributed by atoms with Crippen LogP contribution < -0.4 is 8.37 Å². The second-order valence-corrected chi connectivity index (χ2v) is 7.23. The van der Waals surface area contributed by atoms with E-state index in [0.717, 1.165) is 7.11 Å². The molecule has 0 aliphatic rings. The van der Waals surface area contributed by atoms with Crippen LogP contribution in [0.2, 0.25) is 0 Å². The first-order valence-electron chi connectivity index (χ1n) is 5.75. The lowest BCUT2D eigenvalue weighted by Gasteiger charge is -2.13. The van der Waals surface area contributed by atoms with Gasteiger partial charge in [-0.05, 0) is 12.1 Å². The highest BCUT2D eigenvalue weighted by Gasteiger charge is 2.50. The SMILES string of the molecule is COC(=O)c1cc(OS(=O)(=O)C(F)(F)F)cc(OS(=O)(=O)C(F)(F)F)c1. The molecule has 0 bridgehead atoms. The van der Waals surface area contributed by atoms with E-state index >= 15 is 0 Å². The topological polar surface area (TPSA) is 113 Å². The van der Waals surface area contributed by atoms with Crippen molar-refractivity contribution in [1.29, 1.82) is 0 Å². The van der Waals surface area contributed by atoms with Crippen molar-refractivity contribution >= 4 is 26.2 Å². The summed E-state index contributed by atoms with van der Waals surface area (Å²) < 4.78 is 129. The molecule has 0 aliphatic heterocycles. The number of ether oxygens (including phenoxy) is 1. The minimum absolute atomic E-state index is 0.0824. The third-order valence-corrected chi connectivity index (χ3v) is 4.24. The maximum absolute atomic E-state index is 12.3. The normalized spacial score (nSPS) is 13.2. The van der Waals surface area contributed by atoms with Crippen molar-refractivity contribution in [3.8, 4) is 11.5 Å². The Kier molecular flexibility index (Phi) is 5.72. The molecule has 0 saturated carbocycles. The van der Waals surface area contributed by atoms with Gasteiger partial charge >= 0.3 is 37.2 Å². The summed E-state index contributed by atoms with van der Waals surface area (Å²) in [5.41, 5.74) is -12.7. The highest BCUT2D eigenvalue weighted by Crippen LogP contribution is 2.33. The molecule has 0 amide bonds. The molecule has 0 fully saturated rings. The van der Waals surface area contributed by atoms with Crippen LogP contribution >= 0.6 is 0 Å². The number of rotatable bonds is 5. The maximum Gasteiger partial charge on any atom is 0.534 e. The number of esters is 1. The van der Waals surface area contributed by atoms with E-state index < -0.39 is 54.3 Å². The Morgan fingerprint density at radius 3 is 1.42 bits per heavy atom. The third kappa shape index (κ3) is 4.90. The van der Waals surface area contributed by atoms with Crippen molar-refractivity contribution < 1.29 is 61.1 Å². The van der Waals surface area contributed by atoms with Crippen LogP contribution in [0.5, 0.6) is 11.5 Å². The van der Waals surface area contributed by atoms with Crippen molar-refractivity contribution in [2.75, 3.05) is 7.11 Å². The number of halogens is 6. The Morgan fingerprint density at radius 1 is 0.808 bits per heavy atom. The zero-order valence-electron chi connectivity index (χ0n) is 12.1. The van der Waals surface area contributed by atoms with Gasteiger partial charge in [0.1, 0.15) is 11.5 Å². The summed E-state index contributed by atoms with van der Waals surface area (Å²) in [6.07, 6.45) is 0. The summed E-state index contributed by atoms with van der Waals surface area (Å²) >= 11 is 0. The number of alkyl halides is 6. The second kappa shape index (κ2) is 6.82. The van der Waals surface area contributed by atoms with Gasteiger partial charge in [-0.15, -0.1) is 0 Å². The summed E-state index contributed by atoms with van der Waals surface area (Å²) in [5.74, 6) is -4.07. The zero-order valence-corrected chi connectivity index (χ0v) is 13.7. The molecular weight excluding hydrogens is 426 g/mol. The van der Waals surface area contributed by atoms with Crippen molar-refractivity contribution in [2.45, 2.75) is 11.0 Å². The standard InChI is InChI=1S/C10H6F6O8S2/c1-22-8(17)5-2-6(23-25(18,19)9(11,12)13)4-7(3-5)24-26(20,21)10(14,15)16/h2-4H,1H3. The molecule has 0 radical (unpaired) electrons. The first-order chi connectivity index (χ1) is 11.5. The monoisotopic (exact) mass is 432 g/mol. The molecular formula is C10H6F6O8S2. The van der Waals surface area contributed by atoms with Gasteiger partial charge in [0.25, 0.3) is 0 Å². The Morgan fingerprint density at radius 2 is 1.15 bits per heavy atom. The molecule has 0 spiro atoms. The van der Waals surface area contributed by atoms with Crippen molar-refractivity contribution in [1.82, 2.24) is 0 Å². The smallest absolute Gasteiger partial charge is 0.465 e. The van der Waals surface area contributed by atoms with Crippen LogP contribution in [0.1, 0.15) is 10.4 Å². The first-order valence-corrected chi connectivity index (χ1v) is 8.57. The molecule has 0 unspecified atom stereocenters. The van der Waals surface area contributed by atoms with Gasteiger partial charge in [-0.3, -0.25) is 0 Å². The van der Waals surface area contributed by atoms with Gasteiger partial charge in [-0.25, -0.2) is 4.79 Å². The summed E-state index contributed by atoms with van der Waals surface area (Å²) in [6, 6.07) is 0.781. The quantitative estimate of drug-likeness (QED) is 0.300. The van der Waals surface area contributed by atoms with Gasteiger partial charge in [-0.1, -0.05) is 0 Å². The van der Waals surface area contributed by atoms with Crippen molar-refractivity contribution in [3.63, 3.8) is 0 Å². The Bertz CT molecular complexity index is 836. The fourth-order valence-electron chi connectivity index (χ4n) is 1.25. The molecule has 0 saturated heterocycles. The molecule has 0 aromatic heterocycles. The van der Waals surface area contributed by atoms with Crippen molar-refractivity contribution in [3.05, 3.63) is 23.8 Å².